The lowest BCUT2D eigenvalue weighted by molar-refractivity contribution is -0.114. The van der Waals surface area contributed by atoms with Crippen LogP contribution in [0.15, 0.2) is 48.5 Å². The van der Waals surface area contributed by atoms with Crippen molar-refractivity contribution in [2.45, 2.75) is 38.1 Å². The van der Waals surface area contributed by atoms with Crippen LogP contribution in [-0.4, -0.2) is 48.7 Å². The molecule has 2 aliphatic heterocycles. The number of anilines is 2. The van der Waals surface area contributed by atoms with Gasteiger partial charge in [-0.15, -0.1) is 0 Å². The fourth-order valence-electron chi connectivity index (χ4n) is 4.61. The minimum atomic E-state index is -0.516. The molecule has 7 heteroatoms. The Morgan fingerprint density at radius 3 is 2.39 bits per heavy atom. The second-order valence-corrected chi connectivity index (χ2v) is 8.92. The zero-order chi connectivity index (χ0) is 21.8. The van der Waals surface area contributed by atoms with Crippen LogP contribution >= 0.6 is 11.6 Å². The molecular weight excluding hydrogens is 414 g/mol. The third kappa shape index (κ3) is 5.02. The summed E-state index contributed by atoms with van der Waals surface area (Å²) in [7, 11) is 0. The van der Waals surface area contributed by atoms with E-state index in [2.05, 4.69) is 10.2 Å². The first-order valence-electron chi connectivity index (χ1n) is 10.8. The van der Waals surface area contributed by atoms with Gasteiger partial charge in [0.25, 0.3) is 0 Å². The number of likely N-dealkylation sites (tertiary alicyclic amines) is 1. The standard InChI is InChI=1S/C24H28ClN3O3/c1-18(29)26-21-9-5-19(6-10-21)15-24(16-27-13-3-2-4-14-27)17-31-23(30)28(24)22-11-7-20(25)8-12-22/h5-12H,2-4,13-17H2,1H3,(H,26,29). The zero-order valence-electron chi connectivity index (χ0n) is 17.8. The molecule has 1 atom stereocenters. The molecule has 164 valence electrons. The highest BCUT2D eigenvalue weighted by atomic mass is 35.5. The normalized spacial score (nSPS) is 21.7. The van der Waals surface area contributed by atoms with E-state index in [0.29, 0.717) is 18.1 Å². The molecule has 0 saturated carbocycles. The van der Waals surface area contributed by atoms with Crippen LogP contribution in [0.4, 0.5) is 16.2 Å². The summed E-state index contributed by atoms with van der Waals surface area (Å²) in [5.74, 6) is -0.0991. The summed E-state index contributed by atoms with van der Waals surface area (Å²) in [5, 5.41) is 3.43. The lowest BCUT2D eigenvalue weighted by atomic mass is 9.88. The van der Waals surface area contributed by atoms with Crippen molar-refractivity contribution in [3.8, 4) is 0 Å². The molecule has 1 unspecified atom stereocenters. The molecule has 0 radical (unpaired) electrons. The number of benzene rings is 2. The zero-order valence-corrected chi connectivity index (χ0v) is 18.5. The van der Waals surface area contributed by atoms with Crippen molar-refractivity contribution in [2.24, 2.45) is 0 Å². The van der Waals surface area contributed by atoms with Crippen LogP contribution in [0.3, 0.4) is 0 Å². The van der Waals surface area contributed by atoms with Gasteiger partial charge < -0.3 is 15.0 Å². The summed E-state index contributed by atoms with van der Waals surface area (Å²) < 4.78 is 5.63. The number of ether oxygens (including phenoxy) is 1. The number of nitrogens with zero attached hydrogens (tertiary/aromatic N) is 2. The van der Waals surface area contributed by atoms with Crippen LogP contribution in [-0.2, 0) is 16.0 Å². The average molecular weight is 442 g/mol. The number of piperidine rings is 1. The Balaban J connectivity index is 1.66. The van der Waals surface area contributed by atoms with Crippen molar-refractivity contribution in [1.29, 1.82) is 0 Å². The maximum Gasteiger partial charge on any atom is 0.415 e. The number of hydrogen-bond donors (Lipinski definition) is 1. The fraction of sp³-hybridized carbons (Fsp3) is 0.417. The number of amides is 2. The molecule has 1 N–H and O–H groups in total. The highest BCUT2D eigenvalue weighted by Crippen LogP contribution is 2.36. The number of carbonyl (C=O) groups excluding carboxylic acids is 2. The van der Waals surface area contributed by atoms with E-state index < -0.39 is 5.54 Å². The van der Waals surface area contributed by atoms with Crippen molar-refractivity contribution in [3.63, 3.8) is 0 Å². The fourth-order valence-corrected chi connectivity index (χ4v) is 4.74. The summed E-state index contributed by atoms with van der Waals surface area (Å²) in [5.41, 5.74) is 2.12. The van der Waals surface area contributed by atoms with Gasteiger partial charge in [-0.1, -0.05) is 30.2 Å². The molecular formula is C24H28ClN3O3. The maximum absolute atomic E-state index is 12.9. The Morgan fingerprint density at radius 1 is 1.06 bits per heavy atom. The van der Waals surface area contributed by atoms with Gasteiger partial charge in [0, 0.05) is 36.3 Å². The molecule has 0 bridgehead atoms. The summed E-state index contributed by atoms with van der Waals surface area (Å²) >= 11 is 6.09. The molecule has 2 aromatic carbocycles. The van der Waals surface area contributed by atoms with Gasteiger partial charge in [-0.3, -0.25) is 9.69 Å². The van der Waals surface area contributed by atoms with Crippen molar-refractivity contribution < 1.29 is 14.3 Å². The predicted octanol–water partition coefficient (Wildman–Crippen LogP) is 4.72. The largest absolute Gasteiger partial charge is 0.447 e. The number of rotatable bonds is 6. The van der Waals surface area contributed by atoms with Crippen molar-refractivity contribution in [1.82, 2.24) is 4.90 Å². The molecule has 0 aliphatic carbocycles. The molecule has 2 fully saturated rings. The van der Waals surface area contributed by atoms with Gasteiger partial charge in [-0.25, -0.2) is 4.79 Å². The third-order valence-corrected chi connectivity index (χ3v) is 6.23. The van der Waals surface area contributed by atoms with E-state index in [1.165, 1.54) is 26.2 Å². The van der Waals surface area contributed by atoms with E-state index in [1.54, 1.807) is 17.0 Å². The first-order chi connectivity index (χ1) is 14.9. The topological polar surface area (TPSA) is 61.9 Å². The van der Waals surface area contributed by atoms with E-state index in [0.717, 1.165) is 36.6 Å². The Morgan fingerprint density at radius 2 is 1.74 bits per heavy atom. The predicted molar refractivity (Wildman–Crippen MR) is 123 cm³/mol. The SMILES string of the molecule is CC(=O)Nc1ccc(CC2(CN3CCCCC3)COC(=O)N2c2ccc(Cl)cc2)cc1. The summed E-state index contributed by atoms with van der Waals surface area (Å²) in [6.07, 6.45) is 3.94. The van der Waals surface area contributed by atoms with Crippen LogP contribution in [0.2, 0.25) is 5.02 Å². The second-order valence-electron chi connectivity index (χ2n) is 8.48. The molecule has 31 heavy (non-hydrogen) atoms. The van der Waals surface area contributed by atoms with Crippen LogP contribution in [0.25, 0.3) is 0 Å². The quantitative estimate of drug-likeness (QED) is 0.704. The van der Waals surface area contributed by atoms with Crippen molar-refractivity contribution in [2.75, 3.05) is 36.5 Å². The van der Waals surface area contributed by atoms with Gasteiger partial charge >= 0.3 is 6.09 Å². The van der Waals surface area contributed by atoms with Crippen molar-refractivity contribution >= 4 is 35.0 Å². The molecule has 2 amide bonds. The Hall–Kier alpha value is -2.57. The Labute approximate surface area is 188 Å². The first kappa shape index (κ1) is 21.7. The lowest BCUT2D eigenvalue weighted by Gasteiger charge is -2.41. The minimum absolute atomic E-state index is 0.0991. The van der Waals surface area contributed by atoms with Crippen LogP contribution < -0.4 is 10.2 Å². The van der Waals surface area contributed by atoms with E-state index in [-0.39, 0.29) is 12.0 Å². The highest BCUT2D eigenvalue weighted by Gasteiger charge is 2.49. The average Bonchev–Trinajstić information content (AvgIpc) is 3.06. The first-order valence-corrected chi connectivity index (χ1v) is 11.1. The van der Waals surface area contributed by atoms with Crippen LogP contribution in [0.5, 0.6) is 0 Å². The van der Waals surface area contributed by atoms with E-state index >= 15 is 0 Å². The van der Waals surface area contributed by atoms with Gasteiger partial charge in [0.1, 0.15) is 12.1 Å². The number of halogens is 1. The highest BCUT2D eigenvalue weighted by molar-refractivity contribution is 6.30. The second kappa shape index (κ2) is 9.28. The van der Waals surface area contributed by atoms with E-state index in [4.69, 9.17) is 16.3 Å². The molecule has 0 spiro atoms. The molecule has 2 aliphatic rings. The summed E-state index contributed by atoms with van der Waals surface area (Å²) in [6.45, 7) is 4.64. The van der Waals surface area contributed by atoms with Gasteiger partial charge in [-0.2, -0.15) is 0 Å². The van der Waals surface area contributed by atoms with E-state index in [1.807, 2.05) is 36.4 Å². The van der Waals surface area contributed by atoms with Crippen LogP contribution in [0, 0.1) is 0 Å². The molecule has 0 aromatic heterocycles. The number of carbonyl (C=O) groups is 2. The summed E-state index contributed by atoms with van der Waals surface area (Å²) in [4.78, 5) is 28.5. The molecule has 6 nitrogen and oxygen atoms in total. The molecule has 4 rings (SSSR count). The number of cyclic esters (lactones) is 1. The van der Waals surface area contributed by atoms with Gasteiger partial charge in [0.2, 0.25) is 5.91 Å². The number of nitrogens with one attached hydrogen (secondary N) is 1. The minimum Gasteiger partial charge on any atom is -0.447 e. The Bertz CT molecular complexity index is 926. The molecule has 2 saturated heterocycles. The monoisotopic (exact) mass is 441 g/mol. The number of hydrogen-bond acceptors (Lipinski definition) is 4. The van der Waals surface area contributed by atoms with Crippen LogP contribution in [0.1, 0.15) is 31.7 Å². The summed E-state index contributed by atoms with van der Waals surface area (Å²) in [6, 6.07) is 15.2. The third-order valence-electron chi connectivity index (χ3n) is 5.98. The van der Waals surface area contributed by atoms with Gasteiger partial charge in [-0.05, 0) is 67.9 Å². The lowest BCUT2D eigenvalue weighted by Crippen LogP contribution is -2.57. The Kier molecular flexibility index (Phi) is 6.49. The maximum atomic E-state index is 12.9. The smallest absolute Gasteiger partial charge is 0.415 e. The van der Waals surface area contributed by atoms with Crippen molar-refractivity contribution in [3.05, 3.63) is 59.1 Å². The molecule has 2 heterocycles. The molecule has 2 aromatic rings. The van der Waals surface area contributed by atoms with E-state index in [9.17, 15) is 9.59 Å². The van der Waals surface area contributed by atoms with Gasteiger partial charge in [0.05, 0.1) is 0 Å². The van der Waals surface area contributed by atoms with Gasteiger partial charge in [0.15, 0.2) is 0 Å².